The first-order valence-corrected chi connectivity index (χ1v) is 10.5. The smallest absolute Gasteiger partial charge is 0.213 e. The number of nitrogens with zero attached hydrogens (tertiary/aromatic N) is 6. The number of hydrogen-bond acceptors (Lipinski definition) is 7. The number of rotatable bonds is 5. The molecule has 0 unspecified atom stereocenters. The summed E-state index contributed by atoms with van der Waals surface area (Å²) in [5.41, 5.74) is 4.23. The Morgan fingerprint density at radius 3 is 2.73 bits per heavy atom. The van der Waals surface area contributed by atoms with Gasteiger partial charge in [-0.3, -0.25) is 4.57 Å². The lowest BCUT2D eigenvalue weighted by molar-refractivity contribution is 0.174. The van der Waals surface area contributed by atoms with Crippen LogP contribution in [0.2, 0.25) is 0 Å². The van der Waals surface area contributed by atoms with Gasteiger partial charge in [0, 0.05) is 30.5 Å². The fraction of sp³-hybridized carbons (Fsp3) is 0.250. The molecule has 166 valence electrons. The van der Waals surface area contributed by atoms with Gasteiger partial charge in [-0.25, -0.2) is 9.97 Å². The Morgan fingerprint density at radius 1 is 1.06 bits per heavy atom. The Bertz CT molecular complexity index is 1360. The van der Waals surface area contributed by atoms with Crippen LogP contribution < -0.4 is 9.47 Å². The Hall–Kier alpha value is -4.16. The molecule has 0 saturated heterocycles. The first-order chi connectivity index (χ1) is 16.2. The van der Waals surface area contributed by atoms with Gasteiger partial charge in [0.15, 0.2) is 11.6 Å². The molecule has 0 N–H and O–H groups in total. The van der Waals surface area contributed by atoms with Gasteiger partial charge >= 0.3 is 0 Å². The zero-order valence-corrected chi connectivity index (χ0v) is 18.6. The summed E-state index contributed by atoms with van der Waals surface area (Å²) in [6.45, 7) is 3.35. The molecule has 0 aliphatic carbocycles. The van der Waals surface area contributed by atoms with Crippen molar-refractivity contribution in [3.05, 3.63) is 65.6 Å². The van der Waals surface area contributed by atoms with Gasteiger partial charge in [0.25, 0.3) is 0 Å². The minimum atomic E-state index is 0.347. The molecule has 0 bridgehead atoms. The highest BCUT2D eigenvalue weighted by molar-refractivity contribution is 5.71. The van der Waals surface area contributed by atoms with Gasteiger partial charge in [0.1, 0.15) is 24.4 Å². The average Bonchev–Trinajstić information content (AvgIpc) is 3.39. The summed E-state index contributed by atoms with van der Waals surface area (Å²) in [6.07, 6.45) is 3.49. The number of ether oxygens (including phenoxy) is 3. The normalized spacial score (nSPS) is 11.5. The molecule has 0 saturated carbocycles. The van der Waals surface area contributed by atoms with Crippen LogP contribution in [0.25, 0.3) is 17.1 Å². The molecule has 9 nitrogen and oxygen atoms in total. The lowest BCUT2D eigenvalue weighted by atomic mass is 10.1. The van der Waals surface area contributed by atoms with E-state index in [0.717, 1.165) is 39.9 Å². The first-order valence-electron chi connectivity index (χ1n) is 10.5. The van der Waals surface area contributed by atoms with Crippen molar-refractivity contribution < 1.29 is 14.2 Å². The second-order valence-corrected chi connectivity index (χ2v) is 7.32. The van der Waals surface area contributed by atoms with Crippen LogP contribution >= 0.6 is 0 Å². The van der Waals surface area contributed by atoms with Crippen molar-refractivity contribution in [3.63, 3.8) is 0 Å². The summed E-state index contributed by atoms with van der Waals surface area (Å²) in [6, 6.07) is 9.56. The lowest BCUT2D eigenvalue weighted by Crippen LogP contribution is -2.09. The van der Waals surface area contributed by atoms with Crippen molar-refractivity contribution in [1.29, 1.82) is 0 Å². The molecule has 1 aliphatic heterocycles. The van der Waals surface area contributed by atoms with Crippen LogP contribution in [0.4, 0.5) is 0 Å². The van der Waals surface area contributed by atoms with Crippen molar-refractivity contribution in [2.45, 2.75) is 20.1 Å². The minimum absolute atomic E-state index is 0.347. The number of pyridine rings is 1. The van der Waals surface area contributed by atoms with Crippen molar-refractivity contribution in [1.82, 2.24) is 29.3 Å². The molecule has 0 radical (unpaired) electrons. The minimum Gasteiger partial charge on any atom is -0.497 e. The second kappa shape index (κ2) is 8.76. The third-order valence-electron chi connectivity index (χ3n) is 5.33. The van der Waals surface area contributed by atoms with Crippen LogP contribution in [0.15, 0.2) is 42.9 Å². The maximum Gasteiger partial charge on any atom is 0.213 e. The van der Waals surface area contributed by atoms with Crippen molar-refractivity contribution in [2.75, 3.05) is 20.8 Å². The first kappa shape index (κ1) is 20.7. The molecular formula is C24H22N6O3. The third-order valence-corrected chi connectivity index (χ3v) is 5.33. The number of methoxy groups -OCH3 is 2. The molecule has 0 fully saturated rings. The fourth-order valence-corrected chi connectivity index (χ4v) is 3.77. The summed E-state index contributed by atoms with van der Waals surface area (Å²) < 4.78 is 20.3. The van der Waals surface area contributed by atoms with Crippen LogP contribution in [0.5, 0.6) is 11.6 Å². The summed E-state index contributed by atoms with van der Waals surface area (Å²) in [4.78, 5) is 8.88. The molecule has 1 aromatic carbocycles. The van der Waals surface area contributed by atoms with Crippen LogP contribution in [0.3, 0.4) is 0 Å². The Balaban J connectivity index is 1.60. The predicted molar refractivity (Wildman–Crippen MR) is 120 cm³/mol. The van der Waals surface area contributed by atoms with Gasteiger partial charge in [-0.1, -0.05) is 5.92 Å². The average molecular weight is 442 g/mol. The Labute approximate surface area is 191 Å². The molecule has 33 heavy (non-hydrogen) atoms. The summed E-state index contributed by atoms with van der Waals surface area (Å²) in [7, 11) is 3.28. The number of imidazole rings is 1. The van der Waals surface area contributed by atoms with E-state index < -0.39 is 0 Å². The standard InChI is InChI=1S/C24H22N6O3/c1-4-33-23-10-6-16(12-25-23)5-8-19-21-13-29-22(14-31-2)27-28-24(29)18-11-17(32-3)7-9-20(18)30(21)15-26-19/h6-7,9-12,15H,4,13-14H2,1-3H3. The summed E-state index contributed by atoms with van der Waals surface area (Å²) in [5, 5.41) is 8.80. The van der Waals surface area contributed by atoms with Gasteiger partial charge in [0.2, 0.25) is 5.88 Å². The molecular weight excluding hydrogens is 420 g/mol. The van der Waals surface area contributed by atoms with E-state index in [1.54, 1.807) is 26.7 Å². The highest BCUT2D eigenvalue weighted by Gasteiger charge is 2.26. The third kappa shape index (κ3) is 3.81. The Kier molecular flexibility index (Phi) is 5.50. The molecule has 1 aliphatic rings. The van der Waals surface area contributed by atoms with Gasteiger partial charge in [-0.2, -0.15) is 0 Å². The zero-order valence-electron chi connectivity index (χ0n) is 18.6. The predicted octanol–water partition coefficient (Wildman–Crippen LogP) is 2.84. The lowest BCUT2D eigenvalue weighted by Gasteiger charge is -2.09. The molecule has 9 heteroatoms. The summed E-state index contributed by atoms with van der Waals surface area (Å²) in [5.74, 6) is 9.15. The molecule has 4 aromatic rings. The molecule has 0 spiro atoms. The molecule has 5 rings (SSSR count). The quantitative estimate of drug-likeness (QED) is 0.387. The Morgan fingerprint density at radius 2 is 1.97 bits per heavy atom. The van der Waals surface area contributed by atoms with Crippen molar-refractivity contribution in [2.24, 2.45) is 0 Å². The largest absolute Gasteiger partial charge is 0.497 e. The van der Waals surface area contributed by atoms with Crippen LogP contribution in [-0.2, 0) is 17.9 Å². The van der Waals surface area contributed by atoms with E-state index in [-0.39, 0.29) is 0 Å². The summed E-state index contributed by atoms with van der Waals surface area (Å²) >= 11 is 0. The number of benzene rings is 1. The highest BCUT2D eigenvalue weighted by atomic mass is 16.5. The van der Waals surface area contributed by atoms with Gasteiger partial charge < -0.3 is 18.8 Å². The monoisotopic (exact) mass is 442 g/mol. The maximum absolute atomic E-state index is 5.45. The number of aromatic nitrogens is 6. The van der Waals surface area contributed by atoms with Crippen molar-refractivity contribution >= 4 is 0 Å². The van der Waals surface area contributed by atoms with Gasteiger partial charge in [-0.15, -0.1) is 10.2 Å². The SMILES string of the molecule is CCOc1ccc(C#Cc2ncn3c2Cn2c(COC)nnc2-c2cc(OC)ccc2-3)cn1. The van der Waals surface area contributed by atoms with Crippen LogP contribution in [0.1, 0.15) is 29.7 Å². The highest BCUT2D eigenvalue weighted by Crippen LogP contribution is 2.34. The molecule has 3 aromatic heterocycles. The van der Waals surface area contributed by atoms with E-state index >= 15 is 0 Å². The van der Waals surface area contributed by atoms with Crippen LogP contribution in [-0.4, -0.2) is 50.1 Å². The topological polar surface area (TPSA) is 89.1 Å². The molecule has 4 heterocycles. The number of hydrogen-bond donors (Lipinski definition) is 0. The van der Waals surface area contributed by atoms with Gasteiger partial charge in [-0.05, 0) is 37.1 Å². The zero-order chi connectivity index (χ0) is 22.8. The molecule has 0 amide bonds. The van der Waals surface area contributed by atoms with Crippen molar-refractivity contribution in [3.8, 4) is 40.5 Å². The van der Waals surface area contributed by atoms with E-state index in [1.807, 2.05) is 46.4 Å². The number of fused-ring (bicyclic) bond motifs is 5. The van der Waals surface area contributed by atoms with E-state index in [9.17, 15) is 0 Å². The second-order valence-electron chi connectivity index (χ2n) is 7.32. The maximum atomic E-state index is 5.45. The van der Waals surface area contributed by atoms with E-state index in [2.05, 4.69) is 32.0 Å². The van der Waals surface area contributed by atoms with Crippen LogP contribution in [0, 0.1) is 11.8 Å². The van der Waals surface area contributed by atoms with E-state index in [1.165, 1.54) is 0 Å². The van der Waals surface area contributed by atoms with Gasteiger partial charge in [0.05, 0.1) is 31.6 Å². The molecule has 0 atom stereocenters. The van der Waals surface area contributed by atoms with E-state index in [0.29, 0.717) is 31.3 Å². The fourth-order valence-electron chi connectivity index (χ4n) is 3.77. The van der Waals surface area contributed by atoms with E-state index in [4.69, 9.17) is 14.2 Å².